The van der Waals surface area contributed by atoms with Crippen molar-refractivity contribution in [3.05, 3.63) is 92.3 Å². The molecule has 3 amide bonds. The van der Waals surface area contributed by atoms with Gasteiger partial charge in [0.05, 0.1) is 21.7 Å². The average Bonchev–Trinajstić information content (AvgIpc) is 3.16. The number of nitrogens with zero attached hydrogens (tertiary/aromatic N) is 1. The van der Waals surface area contributed by atoms with Crippen molar-refractivity contribution in [1.82, 2.24) is 4.90 Å². The predicted octanol–water partition coefficient (Wildman–Crippen LogP) is 6.66. The third-order valence-corrected chi connectivity index (χ3v) is 6.94. The maximum absolute atomic E-state index is 14.0. The second-order valence-electron chi connectivity index (χ2n) is 8.18. The number of benzene rings is 3. The standard InChI is InChI=1S/C27H19BrF4N2O5S/c1-2-38-20-10-14(9-16(28)25(20)39-13-15-5-3-4-6-17(15)29)11-21-26(36)34(27(37)40-21)12-22(35)33-19-8-7-18(30)23(31)24(19)32/h3-11H,2,12-13H2,1H3,(H,33,35)/b21-11-. The van der Waals surface area contributed by atoms with Crippen molar-refractivity contribution in [3.8, 4) is 11.5 Å². The zero-order valence-electron chi connectivity index (χ0n) is 20.6. The van der Waals surface area contributed by atoms with Crippen LogP contribution in [-0.2, 0) is 16.2 Å². The Labute approximate surface area is 238 Å². The van der Waals surface area contributed by atoms with E-state index in [-0.39, 0.29) is 18.1 Å². The van der Waals surface area contributed by atoms with E-state index in [2.05, 4.69) is 15.9 Å². The van der Waals surface area contributed by atoms with Crippen molar-refractivity contribution in [1.29, 1.82) is 0 Å². The zero-order chi connectivity index (χ0) is 29.0. The molecule has 0 radical (unpaired) electrons. The first kappa shape index (κ1) is 29.2. The third-order valence-electron chi connectivity index (χ3n) is 5.44. The first-order chi connectivity index (χ1) is 19.1. The number of imide groups is 1. The Kier molecular flexibility index (Phi) is 9.15. The fourth-order valence-corrected chi connectivity index (χ4v) is 5.00. The second-order valence-corrected chi connectivity index (χ2v) is 10.0. The van der Waals surface area contributed by atoms with Gasteiger partial charge in [-0.05, 0) is 76.6 Å². The molecule has 7 nitrogen and oxygen atoms in total. The molecule has 3 aromatic rings. The minimum atomic E-state index is -1.77. The summed E-state index contributed by atoms with van der Waals surface area (Å²) < 4.78 is 66.3. The van der Waals surface area contributed by atoms with Crippen LogP contribution in [0.4, 0.5) is 28.0 Å². The van der Waals surface area contributed by atoms with E-state index in [4.69, 9.17) is 9.47 Å². The quantitative estimate of drug-likeness (QED) is 0.160. The van der Waals surface area contributed by atoms with E-state index in [9.17, 15) is 31.9 Å². The number of ether oxygens (including phenoxy) is 2. The first-order valence-corrected chi connectivity index (χ1v) is 13.2. The van der Waals surface area contributed by atoms with Crippen LogP contribution in [0.1, 0.15) is 18.1 Å². The van der Waals surface area contributed by atoms with Gasteiger partial charge in [-0.2, -0.15) is 0 Å². The van der Waals surface area contributed by atoms with Crippen LogP contribution < -0.4 is 14.8 Å². The fraction of sp³-hybridized carbons (Fsp3) is 0.148. The average molecular weight is 639 g/mol. The van der Waals surface area contributed by atoms with Crippen molar-refractivity contribution in [2.24, 2.45) is 0 Å². The molecule has 1 heterocycles. The van der Waals surface area contributed by atoms with E-state index in [0.29, 0.717) is 49.8 Å². The maximum Gasteiger partial charge on any atom is 0.294 e. The van der Waals surface area contributed by atoms with Gasteiger partial charge in [0.25, 0.3) is 11.1 Å². The second kappa shape index (κ2) is 12.6. The first-order valence-electron chi connectivity index (χ1n) is 11.6. The molecule has 0 atom stereocenters. The molecule has 0 aromatic heterocycles. The summed E-state index contributed by atoms with van der Waals surface area (Å²) in [7, 11) is 0. The SMILES string of the molecule is CCOc1cc(/C=C2\SC(=O)N(CC(=O)Nc3ccc(F)c(F)c3F)C2=O)cc(Br)c1OCc1ccccc1F. The number of anilines is 1. The van der Waals surface area contributed by atoms with Crippen LogP contribution in [0, 0.1) is 23.3 Å². The Morgan fingerprint density at radius 1 is 1.02 bits per heavy atom. The molecule has 3 aromatic carbocycles. The van der Waals surface area contributed by atoms with Gasteiger partial charge in [-0.15, -0.1) is 0 Å². The van der Waals surface area contributed by atoms with Crippen LogP contribution in [0.2, 0.25) is 0 Å². The number of rotatable bonds is 9. The number of carbonyl (C=O) groups excluding carboxylic acids is 3. The largest absolute Gasteiger partial charge is 0.490 e. The van der Waals surface area contributed by atoms with Crippen LogP contribution >= 0.6 is 27.7 Å². The molecule has 4 rings (SSSR count). The molecule has 1 saturated heterocycles. The molecule has 1 aliphatic rings. The number of amides is 3. The summed E-state index contributed by atoms with van der Waals surface area (Å²) >= 11 is 3.97. The number of carbonyl (C=O) groups is 3. The normalized spacial score (nSPS) is 14.2. The lowest BCUT2D eigenvalue weighted by Crippen LogP contribution is -2.36. The lowest BCUT2D eigenvalue weighted by molar-refractivity contribution is -0.127. The smallest absolute Gasteiger partial charge is 0.294 e. The summed E-state index contributed by atoms with van der Waals surface area (Å²) in [5.74, 6) is -6.42. The lowest BCUT2D eigenvalue weighted by Gasteiger charge is -2.15. The van der Waals surface area contributed by atoms with E-state index in [1.54, 1.807) is 37.3 Å². The van der Waals surface area contributed by atoms with Gasteiger partial charge in [0, 0.05) is 5.56 Å². The highest BCUT2D eigenvalue weighted by molar-refractivity contribution is 9.10. The summed E-state index contributed by atoms with van der Waals surface area (Å²) in [5.41, 5.74) is 0.148. The van der Waals surface area contributed by atoms with Gasteiger partial charge in [-0.1, -0.05) is 18.2 Å². The Hall–Kier alpha value is -3.84. The maximum atomic E-state index is 14.0. The molecule has 0 bridgehead atoms. The van der Waals surface area contributed by atoms with Crippen LogP contribution in [0.3, 0.4) is 0 Å². The van der Waals surface area contributed by atoms with Gasteiger partial charge in [0.1, 0.15) is 19.0 Å². The highest BCUT2D eigenvalue weighted by Gasteiger charge is 2.36. The summed E-state index contributed by atoms with van der Waals surface area (Å²) in [6, 6.07) is 10.8. The van der Waals surface area contributed by atoms with E-state index in [1.807, 2.05) is 5.32 Å². The number of hydrogen-bond donors (Lipinski definition) is 1. The Morgan fingerprint density at radius 2 is 1.77 bits per heavy atom. The summed E-state index contributed by atoms with van der Waals surface area (Å²) in [6.45, 7) is 1.18. The molecule has 40 heavy (non-hydrogen) atoms. The minimum absolute atomic E-state index is 0.00817. The molecule has 0 unspecified atom stereocenters. The Bertz CT molecular complexity index is 1530. The number of nitrogens with one attached hydrogen (secondary N) is 1. The highest BCUT2D eigenvalue weighted by Crippen LogP contribution is 2.40. The summed E-state index contributed by atoms with van der Waals surface area (Å²) in [6.07, 6.45) is 1.41. The van der Waals surface area contributed by atoms with Crippen LogP contribution in [0.15, 0.2) is 57.9 Å². The third kappa shape index (κ3) is 6.48. The van der Waals surface area contributed by atoms with Crippen molar-refractivity contribution >= 4 is 56.5 Å². The van der Waals surface area contributed by atoms with Crippen molar-refractivity contribution in [2.75, 3.05) is 18.5 Å². The molecule has 1 N–H and O–H groups in total. The molecule has 208 valence electrons. The molecule has 13 heteroatoms. The predicted molar refractivity (Wildman–Crippen MR) is 144 cm³/mol. The molecule has 0 spiro atoms. The van der Waals surface area contributed by atoms with Gasteiger partial charge >= 0.3 is 0 Å². The highest BCUT2D eigenvalue weighted by atomic mass is 79.9. The topological polar surface area (TPSA) is 84.9 Å². The number of hydrogen-bond acceptors (Lipinski definition) is 6. The van der Waals surface area contributed by atoms with Gasteiger partial charge in [-0.25, -0.2) is 17.6 Å². The lowest BCUT2D eigenvalue weighted by atomic mass is 10.1. The molecule has 0 aliphatic carbocycles. The monoisotopic (exact) mass is 638 g/mol. The van der Waals surface area contributed by atoms with Crippen molar-refractivity contribution < 1.29 is 41.4 Å². The fourth-order valence-electron chi connectivity index (χ4n) is 3.58. The molecular formula is C27H19BrF4N2O5S. The Balaban J connectivity index is 1.50. The van der Waals surface area contributed by atoms with Crippen LogP contribution in [0.25, 0.3) is 6.08 Å². The Morgan fingerprint density at radius 3 is 2.50 bits per heavy atom. The van der Waals surface area contributed by atoms with Gasteiger partial charge in [-0.3, -0.25) is 19.3 Å². The van der Waals surface area contributed by atoms with E-state index in [1.165, 1.54) is 12.1 Å². The van der Waals surface area contributed by atoms with Crippen molar-refractivity contribution in [3.63, 3.8) is 0 Å². The summed E-state index contributed by atoms with van der Waals surface area (Å²) in [4.78, 5) is 38.3. The van der Waals surface area contributed by atoms with Gasteiger partial charge in [0.2, 0.25) is 5.91 Å². The van der Waals surface area contributed by atoms with Crippen LogP contribution in [-0.4, -0.2) is 35.1 Å². The molecule has 0 saturated carbocycles. The molecular weight excluding hydrogens is 620 g/mol. The zero-order valence-corrected chi connectivity index (χ0v) is 23.0. The number of thioether (sulfide) groups is 1. The minimum Gasteiger partial charge on any atom is -0.490 e. The van der Waals surface area contributed by atoms with Gasteiger partial charge in [0.15, 0.2) is 29.0 Å². The van der Waals surface area contributed by atoms with Crippen molar-refractivity contribution in [2.45, 2.75) is 13.5 Å². The summed E-state index contributed by atoms with van der Waals surface area (Å²) in [5, 5.41) is 1.26. The number of halogens is 5. The van der Waals surface area contributed by atoms with E-state index < -0.39 is 52.6 Å². The van der Waals surface area contributed by atoms with E-state index in [0.717, 1.165) is 6.07 Å². The van der Waals surface area contributed by atoms with Crippen LogP contribution in [0.5, 0.6) is 11.5 Å². The van der Waals surface area contributed by atoms with Gasteiger partial charge < -0.3 is 14.8 Å². The molecule has 1 fully saturated rings. The van der Waals surface area contributed by atoms with E-state index >= 15 is 0 Å². The molecule has 1 aliphatic heterocycles.